The highest BCUT2D eigenvalue weighted by Gasteiger charge is 2.44. The second-order valence-corrected chi connectivity index (χ2v) is 5.74. The van der Waals surface area contributed by atoms with Gasteiger partial charge in [0, 0.05) is 42.6 Å². The van der Waals surface area contributed by atoms with Crippen LogP contribution in [-0.2, 0) is 5.41 Å². The van der Waals surface area contributed by atoms with Gasteiger partial charge in [-0.3, -0.25) is 4.98 Å². The highest BCUT2D eigenvalue weighted by molar-refractivity contribution is 5.85. The van der Waals surface area contributed by atoms with Gasteiger partial charge in [0.2, 0.25) is 5.92 Å². The Morgan fingerprint density at radius 2 is 1.85 bits per heavy atom. The zero-order valence-electron chi connectivity index (χ0n) is 11.3. The minimum Gasteiger partial charge on any atom is -0.330 e. The van der Waals surface area contributed by atoms with E-state index >= 15 is 0 Å². The van der Waals surface area contributed by atoms with Crippen LogP contribution in [0.5, 0.6) is 0 Å². The molecule has 2 N–H and O–H groups in total. The fraction of sp³-hybridized carbons (Fsp3) is 0.438. The molecule has 1 aromatic heterocycles. The lowest BCUT2D eigenvalue weighted by atomic mass is 9.67. The standard InChI is InChI=1S/C16H18F2N2/c17-16(18)7-5-15(11-19,6-8-16)14-3-1-2-12-10-20-9-4-13(12)14/h1-4,9-10H,5-8,11,19H2. The van der Waals surface area contributed by atoms with E-state index in [-0.39, 0.29) is 18.3 Å². The van der Waals surface area contributed by atoms with Crippen LogP contribution in [0.25, 0.3) is 10.8 Å². The van der Waals surface area contributed by atoms with E-state index in [4.69, 9.17) is 5.73 Å². The second-order valence-electron chi connectivity index (χ2n) is 5.74. The van der Waals surface area contributed by atoms with Gasteiger partial charge in [-0.25, -0.2) is 8.78 Å². The Morgan fingerprint density at radius 3 is 2.55 bits per heavy atom. The third kappa shape index (κ3) is 2.18. The number of nitrogens with two attached hydrogens (primary N) is 1. The average Bonchev–Trinajstić information content (AvgIpc) is 2.48. The summed E-state index contributed by atoms with van der Waals surface area (Å²) in [5.41, 5.74) is 6.75. The monoisotopic (exact) mass is 276 g/mol. The van der Waals surface area contributed by atoms with Crippen molar-refractivity contribution in [1.29, 1.82) is 0 Å². The SMILES string of the molecule is NCC1(c2cccc3cnccc23)CCC(F)(F)CC1. The Kier molecular flexibility index (Phi) is 3.21. The second kappa shape index (κ2) is 4.77. The summed E-state index contributed by atoms with van der Waals surface area (Å²) in [6.07, 6.45) is 4.28. The number of halogens is 2. The van der Waals surface area contributed by atoms with Crippen LogP contribution in [0.2, 0.25) is 0 Å². The van der Waals surface area contributed by atoms with E-state index in [1.165, 1.54) is 0 Å². The van der Waals surface area contributed by atoms with Crippen LogP contribution in [0.3, 0.4) is 0 Å². The van der Waals surface area contributed by atoms with Crippen LogP contribution in [-0.4, -0.2) is 17.5 Å². The molecule has 1 saturated carbocycles. The van der Waals surface area contributed by atoms with Gasteiger partial charge in [-0.05, 0) is 29.9 Å². The molecule has 2 nitrogen and oxygen atoms in total. The third-order valence-electron chi connectivity index (χ3n) is 4.58. The lowest BCUT2D eigenvalue weighted by Crippen LogP contribution is -2.42. The van der Waals surface area contributed by atoms with E-state index in [9.17, 15) is 8.78 Å². The molecule has 1 heterocycles. The molecule has 1 aliphatic carbocycles. The first-order chi connectivity index (χ1) is 9.56. The number of aromatic nitrogens is 1. The Hall–Kier alpha value is -1.55. The fourth-order valence-corrected chi connectivity index (χ4v) is 3.26. The van der Waals surface area contributed by atoms with Gasteiger partial charge in [0.05, 0.1) is 0 Å². The molecule has 3 rings (SSSR count). The lowest BCUT2D eigenvalue weighted by molar-refractivity contribution is -0.0507. The summed E-state index contributed by atoms with van der Waals surface area (Å²) in [5, 5.41) is 2.12. The van der Waals surface area contributed by atoms with Gasteiger partial charge in [0.25, 0.3) is 0 Å². The van der Waals surface area contributed by atoms with Crippen molar-refractivity contribution in [3.8, 4) is 0 Å². The predicted molar refractivity (Wildman–Crippen MR) is 75.9 cm³/mol. The lowest BCUT2D eigenvalue weighted by Gasteiger charge is -2.40. The quantitative estimate of drug-likeness (QED) is 0.909. The fourth-order valence-electron chi connectivity index (χ4n) is 3.26. The summed E-state index contributed by atoms with van der Waals surface area (Å²) in [6.45, 7) is 0.407. The molecule has 2 aromatic rings. The van der Waals surface area contributed by atoms with Crippen LogP contribution in [0.15, 0.2) is 36.7 Å². The van der Waals surface area contributed by atoms with Crippen LogP contribution in [0.4, 0.5) is 8.78 Å². The first-order valence-electron chi connectivity index (χ1n) is 6.98. The zero-order valence-corrected chi connectivity index (χ0v) is 11.3. The van der Waals surface area contributed by atoms with Gasteiger partial charge < -0.3 is 5.73 Å². The normalized spacial score (nSPS) is 20.9. The molecule has 0 spiro atoms. The maximum Gasteiger partial charge on any atom is 0.248 e. The molecule has 20 heavy (non-hydrogen) atoms. The summed E-state index contributed by atoms with van der Waals surface area (Å²) in [7, 11) is 0. The van der Waals surface area contributed by atoms with Crippen molar-refractivity contribution >= 4 is 10.8 Å². The number of alkyl halides is 2. The molecule has 106 valence electrons. The summed E-state index contributed by atoms with van der Waals surface area (Å²) in [6, 6.07) is 7.93. The number of pyridine rings is 1. The number of benzene rings is 1. The van der Waals surface area contributed by atoms with E-state index in [2.05, 4.69) is 4.98 Å². The number of nitrogens with zero attached hydrogens (tertiary/aromatic N) is 1. The van der Waals surface area contributed by atoms with E-state index in [0.29, 0.717) is 19.4 Å². The highest BCUT2D eigenvalue weighted by Crippen LogP contribution is 2.46. The van der Waals surface area contributed by atoms with Gasteiger partial charge in [0.15, 0.2) is 0 Å². The third-order valence-corrected chi connectivity index (χ3v) is 4.58. The Bertz CT molecular complexity index is 609. The molecule has 0 atom stereocenters. The molecule has 0 unspecified atom stereocenters. The van der Waals surface area contributed by atoms with E-state index in [1.54, 1.807) is 12.4 Å². The topological polar surface area (TPSA) is 38.9 Å². The van der Waals surface area contributed by atoms with Crippen molar-refractivity contribution in [3.63, 3.8) is 0 Å². The molecule has 4 heteroatoms. The summed E-state index contributed by atoms with van der Waals surface area (Å²) < 4.78 is 26.9. The van der Waals surface area contributed by atoms with Gasteiger partial charge >= 0.3 is 0 Å². The minimum absolute atomic E-state index is 0.0777. The van der Waals surface area contributed by atoms with Crippen molar-refractivity contribution in [2.24, 2.45) is 5.73 Å². The number of fused-ring (bicyclic) bond motifs is 1. The molecule has 0 saturated heterocycles. The van der Waals surface area contributed by atoms with Crippen molar-refractivity contribution < 1.29 is 8.78 Å². The zero-order chi connectivity index (χ0) is 14.2. The first-order valence-corrected chi connectivity index (χ1v) is 6.98. The molecule has 1 aromatic carbocycles. The summed E-state index contributed by atoms with van der Waals surface area (Å²) >= 11 is 0. The highest BCUT2D eigenvalue weighted by atomic mass is 19.3. The van der Waals surface area contributed by atoms with Crippen molar-refractivity contribution in [3.05, 3.63) is 42.2 Å². The first kappa shape index (κ1) is 13.4. The van der Waals surface area contributed by atoms with E-state index in [0.717, 1.165) is 16.3 Å². The van der Waals surface area contributed by atoms with Gasteiger partial charge in [-0.1, -0.05) is 18.2 Å². The molecule has 0 bridgehead atoms. The van der Waals surface area contributed by atoms with Crippen molar-refractivity contribution in [1.82, 2.24) is 4.98 Å². The number of rotatable bonds is 2. The van der Waals surface area contributed by atoms with Crippen LogP contribution in [0.1, 0.15) is 31.2 Å². The Balaban J connectivity index is 2.08. The maximum absolute atomic E-state index is 13.5. The van der Waals surface area contributed by atoms with Gasteiger partial charge in [-0.15, -0.1) is 0 Å². The molecular weight excluding hydrogens is 258 g/mol. The summed E-state index contributed by atoms with van der Waals surface area (Å²) in [5.74, 6) is -2.54. The number of hydrogen-bond acceptors (Lipinski definition) is 2. The van der Waals surface area contributed by atoms with Crippen LogP contribution < -0.4 is 5.73 Å². The van der Waals surface area contributed by atoms with Crippen molar-refractivity contribution in [2.45, 2.75) is 37.0 Å². The smallest absolute Gasteiger partial charge is 0.248 e. The van der Waals surface area contributed by atoms with E-state index < -0.39 is 5.92 Å². The van der Waals surface area contributed by atoms with Gasteiger partial charge in [-0.2, -0.15) is 0 Å². The maximum atomic E-state index is 13.5. The number of hydrogen-bond donors (Lipinski definition) is 1. The van der Waals surface area contributed by atoms with Crippen molar-refractivity contribution in [2.75, 3.05) is 6.54 Å². The molecule has 1 aliphatic rings. The minimum atomic E-state index is -2.54. The Morgan fingerprint density at radius 1 is 1.10 bits per heavy atom. The molecule has 0 amide bonds. The molecular formula is C16H18F2N2. The van der Waals surface area contributed by atoms with Crippen LogP contribution >= 0.6 is 0 Å². The molecule has 0 aliphatic heterocycles. The molecule has 0 radical (unpaired) electrons. The average molecular weight is 276 g/mol. The largest absolute Gasteiger partial charge is 0.330 e. The van der Waals surface area contributed by atoms with Crippen LogP contribution in [0, 0.1) is 0 Å². The molecule has 1 fully saturated rings. The van der Waals surface area contributed by atoms with E-state index in [1.807, 2.05) is 24.3 Å². The predicted octanol–water partition coefficient (Wildman–Crippen LogP) is 3.64. The Labute approximate surface area is 117 Å². The van der Waals surface area contributed by atoms with Gasteiger partial charge in [0.1, 0.15) is 0 Å². The summed E-state index contributed by atoms with van der Waals surface area (Å²) in [4.78, 5) is 4.12.